The monoisotopic (exact) mass is 555 g/mol. The first-order chi connectivity index (χ1) is 19.3. The number of rotatable bonds is 5. The van der Waals surface area contributed by atoms with Crippen LogP contribution < -0.4 is 15.4 Å². The Labute approximate surface area is 237 Å². The first-order valence-electron chi connectivity index (χ1n) is 13.9. The van der Waals surface area contributed by atoms with E-state index < -0.39 is 16.9 Å². The quantitative estimate of drug-likeness (QED) is 0.409. The van der Waals surface area contributed by atoms with Crippen molar-refractivity contribution in [3.05, 3.63) is 87.9 Å². The third-order valence-corrected chi connectivity index (χ3v) is 9.46. The van der Waals surface area contributed by atoms with Crippen molar-refractivity contribution in [3.8, 4) is 5.75 Å². The number of hydrogen-bond acceptors (Lipinski definition) is 5. The molecule has 3 aromatic carbocycles. The molecule has 2 amide bonds. The molecule has 8 heteroatoms. The summed E-state index contributed by atoms with van der Waals surface area (Å²) in [6, 6.07) is 18.0. The zero-order chi connectivity index (χ0) is 27.8. The van der Waals surface area contributed by atoms with Crippen LogP contribution in [0.25, 0.3) is 0 Å². The molecule has 0 unspecified atom stereocenters. The van der Waals surface area contributed by atoms with Crippen LogP contribution >= 0.6 is 11.6 Å². The minimum Gasteiger partial charge on any atom is -0.494 e. The maximum absolute atomic E-state index is 14.8. The van der Waals surface area contributed by atoms with Crippen LogP contribution in [0, 0.1) is 12.8 Å². The van der Waals surface area contributed by atoms with Gasteiger partial charge in [0.1, 0.15) is 16.7 Å². The smallest absolute Gasteiger partial charge is 0.251 e. The Morgan fingerprint density at radius 1 is 1.05 bits per heavy atom. The first-order valence-corrected chi connectivity index (χ1v) is 14.3. The van der Waals surface area contributed by atoms with E-state index in [1.54, 1.807) is 18.2 Å². The van der Waals surface area contributed by atoms with Crippen molar-refractivity contribution < 1.29 is 19.1 Å². The van der Waals surface area contributed by atoms with E-state index in [0.29, 0.717) is 58.4 Å². The molecule has 2 N–H and O–H groups in total. The highest BCUT2D eigenvalue weighted by Crippen LogP contribution is 2.68. The zero-order valence-corrected chi connectivity index (χ0v) is 23.2. The number of carbonyl (C=O) groups excluding carboxylic acids is 3. The minimum atomic E-state index is -1.50. The molecular formula is C32H30ClN3O4. The zero-order valence-electron chi connectivity index (χ0n) is 22.4. The molecule has 2 saturated heterocycles. The molecule has 40 heavy (non-hydrogen) atoms. The van der Waals surface area contributed by atoms with Gasteiger partial charge < -0.3 is 15.4 Å². The molecule has 2 fully saturated rings. The summed E-state index contributed by atoms with van der Waals surface area (Å²) in [7, 11) is 0. The summed E-state index contributed by atoms with van der Waals surface area (Å²) < 4.78 is 5.85. The minimum absolute atomic E-state index is 0.164. The molecule has 4 aliphatic rings. The second kappa shape index (κ2) is 8.91. The summed E-state index contributed by atoms with van der Waals surface area (Å²) in [5.74, 6) is -0.985. The van der Waals surface area contributed by atoms with Gasteiger partial charge in [0, 0.05) is 33.6 Å². The Morgan fingerprint density at radius 3 is 2.70 bits per heavy atom. The number of nitrogens with zero attached hydrogens (tertiary/aromatic N) is 1. The molecule has 7 rings (SSSR count). The number of aryl methyl sites for hydroxylation is 1. The molecule has 204 valence electrons. The normalized spacial score (nSPS) is 28.0. The summed E-state index contributed by atoms with van der Waals surface area (Å²) in [6.45, 7) is 5.06. The van der Waals surface area contributed by atoms with Crippen LogP contribution in [0.3, 0.4) is 0 Å². The van der Waals surface area contributed by atoms with Crippen LogP contribution in [0.4, 0.5) is 11.4 Å². The Morgan fingerprint density at radius 2 is 1.88 bits per heavy atom. The van der Waals surface area contributed by atoms with Gasteiger partial charge >= 0.3 is 0 Å². The SMILES string of the molecule is CCCOc1cccc(C(=O)[C@H]2[C@@H]3CCCN3[C@@]3(C(=O)Nc4c(C)cc(Cl)cc43)[C@]23C(=O)Nc2ccccc23)c1. The Bertz CT molecular complexity index is 1600. The highest BCUT2D eigenvalue weighted by molar-refractivity contribution is 6.31. The van der Waals surface area contributed by atoms with Crippen LogP contribution in [-0.4, -0.2) is 41.7 Å². The molecule has 0 saturated carbocycles. The average Bonchev–Trinajstić information content (AvgIpc) is 3.66. The third-order valence-electron chi connectivity index (χ3n) is 9.24. The predicted octanol–water partition coefficient (Wildman–Crippen LogP) is 5.45. The maximum atomic E-state index is 14.8. The standard InChI is InChI=1S/C32H30ClN3O4/c1-3-14-40-21-9-6-8-19(16-21)28(37)26-25-12-7-13-36(25)32(23-17-20(33)15-18(2)27(23)35-30(32)39)31(26)22-10-4-5-11-24(22)34-29(31)38/h4-6,8-11,15-17,25-26H,3,7,12-14H2,1-2H3,(H,34,38)(H,35,39)/t25-,26+,31-,32-/m0/s1. The lowest BCUT2D eigenvalue weighted by atomic mass is 9.57. The maximum Gasteiger partial charge on any atom is 0.251 e. The number of nitrogens with one attached hydrogen (secondary N) is 2. The Kier molecular flexibility index (Phi) is 5.64. The van der Waals surface area contributed by atoms with Crippen LogP contribution in [0.2, 0.25) is 5.02 Å². The van der Waals surface area contributed by atoms with Gasteiger partial charge in [-0.25, -0.2) is 0 Å². The van der Waals surface area contributed by atoms with E-state index in [1.807, 2.05) is 56.3 Å². The van der Waals surface area contributed by atoms with E-state index in [-0.39, 0.29) is 23.6 Å². The van der Waals surface area contributed by atoms with Crippen LogP contribution in [0.1, 0.15) is 53.2 Å². The molecule has 0 aliphatic carbocycles. The molecule has 4 aliphatic heterocycles. The number of amides is 2. The van der Waals surface area contributed by atoms with Gasteiger partial charge in [-0.3, -0.25) is 19.3 Å². The molecule has 0 radical (unpaired) electrons. The van der Waals surface area contributed by atoms with E-state index in [4.69, 9.17) is 16.3 Å². The fourth-order valence-electron chi connectivity index (χ4n) is 7.95. The van der Waals surface area contributed by atoms with Gasteiger partial charge in [0.05, 0.1) is 12.5 Å². The highest BCUT2D eigenvalue weighted by atomic mass is 35.5. The number of anilines is 2. The number of para-hydroxylation sites is 1. The second-order valence-corrected chi connectivity index (χ2v) is 11.7. The van der Waals surface area contributed by atoms with E-state index >= 15 is 0 Å². The van der Waals surface area contributed by atoms with Gasteiger partial charge in [-0.1, -0.05) is 48.9 Å². The number of hydrogen-bond donors (Lipinski definition) is 2. The lowest BCUT2D eigenvalue weighted by Gasteiger charge is -2.43. The number of Topliss-reactive ketones (excluding diaryl/α,β-unsaturated/α-hetero) is 1. The van der Waals surface area contributed by atoms with Crippen molar-refractivity contribution in [1.82, 2.24) is 4.90 Å². The molecule has 2 spiro atoms. The van der Waals surface area contributed by atoms with E-state index in [2.05, 4.69) is 15.5 Å². The summed E-state index contributed by atoms with van der Waals surface area (Å²) >= 11 is 6.63. The van der Waals surface area contributed by atoms with Gasteiger partial charge in [-0.05, 0) is 74.2 Å². The van der Waals surface area contributed by atoms with Crippen molar-refractivity contribution in [1.29, 1.82) is 0 Å². The summed E-state index contributed by atoms with van der Waals surface area (Å²) in [5, 5.41) is 6.68. The van der Waals surface area contributed by atoms with Gasteiger partial charge in [0.2, 0.25) is 5.91 Å². The van der Waals surface area contributed by atoms with Gasteiger partial charge in [0.15, 0.2) is 5.78 Å². The van der Waals surface area contributed by atoms with Gasteiger partial charge in [0.25, 0.3) is 5.91 Å². The van der Waals surface area contributed by atoms with Crippen LogP contribution in [-0.2, 0) is 20.5 Å². The topological polar surface area (TPSA) is 87.7 Å². The fourth-order valence-corrected chi connectivity index (χ4v) is 8.22. The number of carbonyl (C=O) groups is 3. The van der Waals surface area contributed by atoms with E-state index in [0.717, 1.165) is 18.4 Å². The Balaban J connectivity index is 1.53. The van der Waals surface area contributed by atoms with Crippen molar-refractivity contribution >= 4 is 40.6 Å². The van der Waals surface area contributed by atoms with E-state index in [1.165, 1.54) is 0 Å². The molecule has 3 aromatic rings. The first kappa shape index (κ1) is 25.3. The largest absolute Gasteiger partial charge is 0.494 e. The second-order valence-electron chi connectivity index (χ2n) is 11.2. The number of fused-ring (bicyclic) bond motifs is 7. The molecule has 7 nitrogen and oxygen atoms in total. The molecular weight excluding hydrogens is 526 g/mol. The van der Waals surface area contributed by atoms with Crippen LogP contribution in [0.15, 0.2) is 60.7 Å². The van der Waals surface area contributed by atoms with Crippen molar-refractivity contribution in [2.24, 2.45) is 5.92 Å². The van der Waals surface area contributed by atoms with Gasteiger partial charge in [-0.2, -0.15) is 0 Å². The summed E-state index contributed by atoms with van der Waals surface area (Å²) in [4.78, 5) is 46.1. The molecule has 0 bridgehead atoms. The number of halogens is 1. The lowest BCUT2D eigenvalue weighted by Crippen LogP contribution is -2.62. The number of benzene rings is 3. The van der Waals surface area contributed by atoms with Gasteiger partial charge in [-0.15, -0.1) is 0 Å². The molecule has 4 heterocycles. The van der Waals surface area contributed by atoms with Crippen molar-refractivity contribution in [2.75, 3.05) is 23.8 Å². The molecule has 4 atom stereocenters. The molecule has 0 aromatic heterocycles. The number of ketones is 1. The fraction of sp³-hybridized carbons (Fsp3) is 0.344. The third kappa shape index (κ3) is 3.02. The predicted molar refractivity (Wildman–Crippen MR) is 153 cm³/mol. The number of ether oxygens (including phenoxy) is 1. The van der Waals surface area contributed by atoms with Crippen molar-refractivity contribution in [2.45, 2.75) is 50.1 Å². The van der Waals surface area contributed by atoms with Crippen molar-refractivity contribution in [3.63, 3.8) is 0 Å². The van der Waals surface area contributed by atoms with Crippen LogP contribution in [0.5, 0.6) is 5.75 Å². The van der Waals surface area contributed by atoms with E-state index in [9.17, 15) is 14.4 Å². The summed E-state index contributed by atoms with van der Waals surface area (Å²) in [6.07, 6.45) is 2.36. The Hall–Kier alpha value is -3.68. The average molecular weight is 556 g/mol. The highest BCUT2D eigenvalue weighted by Gasteiger charge is 2.81. The summed E-state index contributed by atoms with van der Waals surface area (Å²) in [5.41, 5.74) is 0.986. The lowest BCUT2D eigenvalue weighted by molar-refractivity contribution is -0.137.